The first-order chi connectivity index (χ1) is 15.9. The first kappa shape index (κ1) is 20.7. The lowest BCUT2D eigenvalue weighted by Crippen LogP contribution is -2.50. The van der Waals surface area contributed by atoms with Crippen LogP contribution in [0.3, 0.4) is 0 Å². The number of fused-ring (bicyclic) bond motifs is 3. The van der Waals surface area contributed by atoms with Crippen molar-refractivity contribution in [1.29, 1.82) is 0 Å². The SMILES string of the molecule is CC(=O)N1CCc2cc(S(=O)(=O)n3ccc4ccc(N5CCN6CCCC6C5)cc43)ccc21. The van der Waals surface area contributed by atoms with Gasteiger partial charge in [0.1, 0.15) is 0 Å². The molecule has 2 saturated heterocycles. The molecule has 0 N–H and O–H groups in total. The zero-order valence-electron chi connectivity index (χ0n) is 18.8. The number of hydrogen-bond donors (Lipinski definition) is 0. The summed E-state index contributed by atoms with van der Waals surface area (Å²) in [6.45, 7) is 6.36. The Kier molecular flexibility index (Phi) is 4.78. The van der Waals surface area contributed by atoms with Crippen molar-refractivity contribution >= 4 is 38.2 Å². The van der Waals surface area contributed by atoms with Crippen LogP contribution in [0, 0.1) is 0 Å². The molecular formula is C25H28N4O3S. The van der Waals surface area contributed by atoms with Crippen molar-refractivity contribution in [3.8, 4) is 0 Å². The molecular weight excluding hydrogens is 436 g/mol. The summed E-state index contributed by atoms with van der Waals surface area (Å²) in [7, 11) is -3.76. The highest BCUT2D eigenvalue weighted by Crippen LogP contribution is 2.33. The summed E-state index contributed by atoms with van der Waals surface area (Å²) in [6, 6.07) is 13.7. The van der Waals surface area contributed by atoms with Crippen LogP contribution in [0.4, 0.5) is 11.4 Å². The molecule has 1 unspecified atom stereocenters. The molecule has 1 amide bonds. The average Bonchev–Trinajstić information content (AvgIpc) is 3.55. The summed E-state index contributed by atoms with van der Waals surface area (Å²) in [4.78, 5) is 18.8. The molecule has 3 aromatic rings. The van der Waals surface area contributed by atoms with E-state index in [0.29, 0.717) is 24.5 Å². The smallest absolute Gasteiger partial charge is 0.268 e. The maximum Gasteiger partial charge on any atom is 0.268 e. The van der Waals surface area contributed by atoms with E-state index < -0.39 is 10.0 Å². The van der Waals surface area contributed by atoms with Crippen molar-refractivity contribution in [2.24, 2.45) is 0 Å². The van der Waals surface area contributed by atoms with Crippen LogP contribution in [0.5, 0.6) is 0 Å². The maximum absolute atomic E-state index is 13.6. The number of nitrogens with zero attached hydrogens (tertiary/aromatic N) is 4. The van der Waals surface area contributed by atoms with Crippen molar-refractivity contribution in [2.75, 3.05) is 42.5 Å². The van der Waals surface area contributed by atoms with Gasteiger partial charge in [-0.05, 0) is 67.8 Å². The van der Waals surface area contributed by atoms with Gasteiger partial charge < -0.3 is 9.80 Å². The second-order valence-electron chi connectivity index (χ2n) is 9.35. The van der Waals surface area contributed by atoms with Gasteiger partial charge in [0.25, 0.3) is 10.0 Å². The molecule has 0 bridgehead atoms. The van der Waals surface area contributed by atoms with Crippen LogP contribution >= 0.6 is 0 Å². The Bertz CT molecular complexity index is 1360. The Morgan fingerprint density at radius 1 is 1.00 bits per heavy atom. The number of carbonyl (C=O) groups excluding carboxylic acids is 1. The zero-order valence-corrected chi connectivity index (χ0v) is 19.6. The standard InChI is InChI=1S/C25H28N4O3S/c1-18(30)28-11-8-20-15-23(6-7-24(20)28)33(31,32)29-12-9-19-4-5-21(16-25(19)29)27-14-13-26-10-2-3-22(26)17-27/h4-7,9,12,15-16,22H,2-3,8,10-11,13-14,17H2,1H3. The Morgan fingerprint density at radius 2 is 1.88 bits per heavy atom. The van der Waals surface area contributed by atoms with Crippen LogP contribution < -0.4 is 9.80 Å². The van der Waals surface area contributed by atoms with Gasteiger partial charge in [-0.2, -0.15) is 0 Å². The van der Waals surface area contributed by atoms with E-state index in [9.17, 15) is 13.2 Å². The van der Waals surface area contributed by atoms with Gasteiger partial charge in [-0.25, -0.2) is 12.4 Å². The van der Waals surface area contributed by atoms with Gasteiger partial charge in [-0.15, -0.1) is 0 Å². The fraction of sp³-hybridized carbons (Fsp3) is 0.400. The minimum atomic E-state index is -3.76. The number of piperazine rings is 1. The molecule has 6 rings (SSSR count). The molecule has 4 heterocycles. The van der Waals surface area contributed by atoms with Crippen LogP contribution in [0.1, 0.15) is 25.3 Å². The number of hydrogen-bond acceptors (Lipinski definition) is 5. The highest BCUT2D eigenvalue weighted by molar-refractivity contribution is 7.90. The molecule has 3 aliphatic heterocycles. The highest BCUT2D eigenvalue weighted by Gasteiger charge is 2.31. The van der Waals surface area contributed by atoms with Crippen molar-refractivity contribution in [2.45, 2.75) is 37.1 Å². The first-order valence-corrected chi connectivity index (χ1v) is 13.1. The third-order valence-electron chi connectivity index (χ3n) is 7.48. The van der Waals surface area contributed by atoms with E-state index in [-0.39, 0.29) is 10.8 Å². The second kappa shape index (κ2) is 7.60. The number of aromatic nitrogens is 1. The van der Waals surface area contributed by atoms with Gasteiger partial charge in [0.05, 0.1) is 10.4 Å². The predicted molar refractivity (Wildman–Crippen MR) is 130 cm³/mol. The van der Waals surface area contributed by atoms with Crippen LogP contribution in [0.2, 0.25) is 0 Å². The Hall–Kier alpha value is -2.84. The quantitative estimate of drug-likeness (QED) is 0.596. The predicted octanol–water partition coefficient (Wildman–Crippen LogP) is 3.07. The number of anilines is 2. The molecule has 1 aromatic heterocycles. The molecule has 172 valence electrons. The minimum absolute atomic E-state index is 0.0215. The summed E-state index contributed by atoms with van der Waals surface area (Å²) in [5.74, 6) is -0.0215. The first-order valence-electron chi connectivity index (χ1n) is 11.7. The van der Waals surface area contributed by atoms with Gasteiger partial charge in [0, 0.05) is 62.1 Å². The molecule has 2 fully saturated rings. The lowest BCUT2D eigenvalue weighted by molar-refractivity contribution is -0.116. The maximum atomic E-state index is 13.6. The normalized spacial score (nSPS) is 20.9. The largest absolute Gasteiger partial charge is 0.369 e. The van der Waals surface area contributed by atoms with E-state index >= 15 is 0 Å². The van der Waals surface area contributed by atoms with Gasteiger partial charge in [0.2, 0.25) is 5.91 Å². The van der Waals surface area contributed by atoms with Crippen LogP contribution in [0.25, 0.3) is 10.9 Å². The average molecular weight is 465 g/mol. The molecule has 8 heteroatoms. The Balaban J connectivity index is 1.35. The molecule has 7 nitrogen and oxygen atoms in total. The van der Waals surface area contributed by atoms with Crippen molar-refractivity contribution in [1.82, 2.24) is 8.87 Å². The van der Waals surface area contributed by atoms with Crippen molar-refractivity contribution < 1.29 is 13.2 Å². The highest BCUT2D eigenvalue weighted by atomic mass is 32.2. The van der Waals surface area contributed by atoms with Gasteiger partial charge in [0.15, 0.2) is 0 Å². The molecule has 33 heavy (non-hydrogen) atoms. The van der Waals surface area contributed by atoms with Crippen LogP contribution in [-0.4, -0.2) is 62.0 Å². The van der Waals surface area contributed by atoms with Gasteiger partial charge in [-0.3, -0.25) is 9.69 Å². The van der Waals surface area contributed by atoms with Crippen molar-refractivity contribution in [3.63, 3.8) is 0 Å². The monoisotopic (exact) mass is 464 g/mol. The number of carbonyl (C=O) groups is 1. The summed E-state index contributed by atoms with van der Waals surface area (Å²) < 4.78 is 28.6. The van der Waals surface area contributed by atoms with E-state index in [1.807, 2.05) is 18.2 Å². The summed E-state index contributed by atoms with van der Waals surface area (Å²) in [6.07, 6.45) is 4.82. The molecule has 3 aliphatic rings. The zero-order chi connectivity index (χ0) is 22.7. The summed E-state index contributed by atoms with van der Waals surface area (Å²) in [5, 5.41) is 0.908. The van der Waals surface area contributed by atoms with Gasteiger partial charge in [-0.1, -0.05) is 6.07 Å². The third kappa shape index (κ3) is 3.35. The second-order valence-corrected chi connectivity index (χ2v) is 11.2. The number of amides is 1. The van der Waals surface area contributed by atoms with Crippen LogP contribution in [0.15, 0.2) is 53.6 Å². The van der Waals surface area contributed by atoms with Crippen molar-refractivity contribution in [3.05, 3.63) is 54.2 Å². The Morgan fingerprint density at radius 3 is 2.73 bits per heavy atom. The Labute approximate surface area is 194 Å². The number of rotatable bonds is 3. The van der Waals surface area contributed by atoms with E-state index in [2.05, 4.69) is 15.9 Å². The van der Waals surface area contributed by atoms with Crippen LogP contribution in [-0.2, 0) is 21.2 Å². The van der Waals surface area contributed by atoms with E-state index in [1.54, 1.807) is 29.3 Å². The lowest BCUT2D eigenvalue weighted by atomic mass is 10.1. The topological polar surface area (TPSA) is 65.9 Å². The summed E-state index contributed by atoms with van der Waals surface area (Å²) >= 11 is 0. The minimum Gasteiger partial charge on any atom is -0.369 e. The molecule has 0 radical (unpaired) electrons. The molecule has 0 saturated carbocycles. The molecule has 1 atom stereocenters. The lowest BCUT2D eigenvalue weighted by Gasteiger charge is -2.38. The molecule has 2 aromatic carbocycles. The van der Waals surface area contributed by atoms with E-state index in [4.69, 9.17) is 0 Å². The third-order valence-corrected chi connectivity index (χ3v) is 9.16. The summed E-state index contributed by atoms with van der Waals surface area (Å²) in [5.41, 5.74) is 3.49. The fourth-order valence-corrected chi connectivity index (χ4v) is 7.10. The van der Waals surface area contributed by atoms with E-state index in [1.165, 1.54) is 30.3 Å². The molecule has 0 aliphatic carbocycles. The molecule has 0 spiro atoms. The fourth-order valence-electron chi connectivity index (χ4n) is 5.70. The van der Waals surface area contributed by atoms with Gasteiger partial charge >= 0.3 is 0 Å². The van der Waals surface area contributed by atoms with E-state index in [0.717, 1.165) is 42.0 Å². The number of benzene rings is 2.